The number of amides is 2. The molecule has 4 atom stereocenters. The van der Waals surface area contributed by atoms with Crippen LogP contribution in [0, 0.1) is 0 Å². The normalized spacial score (nSPS) is 20.2. The molecule has 12 nitrogen and oxygen atoms in total. The van der Waals surface area contributed by atoms with Crippen LogP contribution < -0.4 is 20.4 Å². The predicted octanol–water partition coefficient (Wildman–Crippen LogP) is 2.17. The highest BCUT2D eigenvalue weighted by Crippen LogP contribution is 2.51. The summed E-state index contributed by atoms with van der Waals surface area (Å²) in [4.78, 5) is 53.7. The molecule has 0 bridgehead atoms. The van der Waals surface area contributed by atoms with Crippen LogP contribution in [-0.4, -0.2) is 71.7 Å². The minimum atomic E-state index is -1.41. The van der Waals surface area contributed by atoms with Crippen LogP contribution >= 0.6 is 0 Å². The SMILES string of the molecule is COc1cc(C=O)cc2c1O[C@@H]1[C@@H](O)[C@H](N(Cc3ccoc3)C(=O)c3cc4ccccc4oc3=O)C=C(C(=O)NCCO)[C@H]21. The minimum absolute atomic E-state index is 0.0536. The second-order valence-electron chi connectivity index (χ2n) is 10.5. The summed E-state index contributed by atoms with van der Waals surface area (Å²) < 4.78 is 22.3. The highest BCUT2D eigenvalue weighted by molar-refractivity contribution is 5.99. The van der Waals surface area contributed by atoms with E-state index in [1.54, 1.807) is 36.4 Å². The summed E-state index contributed by atoms with van der Waals surface area (Å²) in [5.74, 6) is -1.69. The number of fused-ring (bicyclic) bond motifs is 4. The quantitative estimate of drug-likeness (QED) is 0.191. The Bertz CT molecular complexity index is 1830. The number of rotatable bonds is 9. The first-order valence-corrected chi connectivity index (χ1v) is 13.8. The molecule has 2 aliphatic rings. The smallest absolute Gasteiger partial charge is 0.349 e. The Morgan fingerprint density at radius 2 is 1.98 bits per heavy atom. The molecule has 2 aromatic heterocycles. The zero-order valence-electron chi connectivity index (χ0n) is 23.5. The van der Waals surface area contributed by atoms with E-state index in [0.717, 1.165) is 0 Å². The lowest BCUT2D eigenvalue weighted by molar-refractivity contribution is -0.118. The molecular formula is C32H28N2O10. The number of para-hydroxylation sites is 1. The lowest BCUT2D eigenvalue weighted by atomic mass is 9.77. The summed E-state index contributed by atoms with van der Waals surface area (Å²) in [5.41, 5.74) is 0.588. The van der Waals surface area contributed by atoms with Gasteiger partial charge in [0.25, 0.3) is 5.91 Å². The number of ether oxygens (including phenoxy) is 2. The molecule has 12 heteroatoms. The van der Waals surface area contributed by atoms with Crippen molar-refractivity contribution < 1.29 is 42.9 Å². The average molecular weight is 601 g/mol. The van der Waals surface area contributed by atoms with Crippen LogP contribution in [0.25, 0.3) is 11.0 Å². The molecule has 0 spiro atoms. The number of nitrogens with one attached hydrogen (secondary N) is 1. The van der Waals surface area contributed by atoms with Crippen molar-refractivity contribution in [1.82, 2.24) is 10.2 Å². The zero-order valence-corrected chi connectivity index (χ0v) is 23.5. The number of aliphatic hydroxyl groups excluding tert-OH is 2. The van der Waals surface area contributed by atoms with E-state index in [-0.39, 0.29) is 47.9 Å². The van der Waals surface area contributed by atoms with Gasteiger partial charge in [-0.25, -0.2) is 4.79 Å². The van der Waals surface area contributed by atoms with Crippen LogP contribution in [0.15, 0.2) is 86.3 Å². The van der Waals surface area contributed by atoms with Gasteiger partial charge in [-0.15, -0.1) is 0 Å². The molecule has 4 aromatic rings. The predicted molar refractivity (Wildman–Crippen MR) is 155 cm³/mol. The second kappa shape index (κ2) is 11.8. The fraction of sp³-hybridized carbons (Fsp3) is 0.250. The van der Waals surface area contributed by atoms with E-state index >= 15 is 0 Å². The molecule has 1 aliphatic carbocycles. The van der Waals surface area contributed by atoms with Crippen molar-refractivity contribution in [2.75, 3.05) is 20.3 Å². The van der Waals surface area contributed by atoms with E-state index in [1.165, 1.54) is 42.7 Å². The second-order valence-corrected chi connectivity index (χ2v) is 10.5. The summed E-state index contributed by atoms with van der Waals surface area (Å²) in [6, 6.07) is 11.7. The minimum Gasteiger partial charge on any atom is -0.493 e. The molecular weight excluding hydrogens is 572 g/mol. The lowest BCUT2D eigenvalue weighted by Crippen LogP contribution is -2.55. The molecule has 6 rings (SSSR count). The number of hydrogen-bond acceptors (Lipinski definition) is 10. The summed E-state index contributed by atoms with van der Waals surface area (Å²) in [6.45, 7) is -0.478. The van der Waals surface area contributed by atoms with Gasteiger partial charge in [0.1, 0.15) is 29.6 Å². The zero-order chi connectivity index (χ0) is 31.0. The van der Waals surface area contributed by atoms with E-state index in [9.17, 15) is 29.4 Å². The number of hydrogen-bond donors (Lipinski definition) is 3. The molecule has 3 heterocycles. The van der Waals surface area contributed by atoms with Gasteiger partial charge < -0.3 is 38.7 Å². The summed E-state index contributed by atoms with van der Waals surface area (Å²) in [7, 11) is 1.40. The Morgan fingerprint density at radius 3 is 2.70 bits per heavy atom. The van der Waals surface area contributed by atoms with Crippen molar-refractivity contribution in [3.05, 3.63) is 105 Å². The molecule has 2 amide bonds. The average Bonchev–Trinajstić information content (AvgIpc) is 3.70. The van der Waals surface area contributed by atoms with Crippen LogP contribution in [-0.2, 0) is 11.3 Å². The van der Waals surface area contributed by atoms with Gasteiger partial charge >= 0.3 is 5.63 Å². The van der Waals surface area contributed by atoms with Gasteiger partial charge in [0, 0.05) is 40.7 Å². The lowest BCUT2D eigenvalue weighted by Gasteiger charge is -2.40. The third-order valence-electron chi connectivity index (χ3n) is 7.84. The van der Waals surface area contributed by atoms with E-state index in [4.69, 9.17) is 18.3 Å². The van der Waals surface area contributed by atoms with Gasteiger partial charge in [0.15, 0.2) is 11.5 Å². The maximum atomic E-state index is 14.2. The van der Waals surface area contributed by atoms with E-state index < -0.39 is 41.6 Å². The van der Waals surface area contributed by atoms with Gasteiger partial charge in [0.05, 0.1) is 38.2 Å². The van der Waals surface area contributed by atoms with E-state index in [0.29, 0.717) is 28.4 Å². The summed E-state index contributed by atoms with van der Waals surface area (Å²) in [5, 5.41) is 24.4. The Kier molecular flexibility index (Phi) is 7.77. The maximum Gasteiger partial charge on any atom is 0.349 e. The van der Waals surface area contributed by atoms with Crippen LogP contribution in [0.4, 0.5) is 0 Å². The van der Waals surface area contributed by atoms with E-state index in [1.807, 2.05) is 0 Å². The number of methoxy groups -OCH3 is 1. The third kappa shape index (κ3) is 5.03. The van der Waals surface area contributed by atoms with Crippen molar-refractivity contribution in [2.24, 2.45) is 0 Å². The summed E-state index contributed by atoms with van der Waals surface area (Å²) >= 11 is 0. The first kappa shape index (κ1) is 28.9. The first-order chi connectivity index (χ1) is 21.3. The molecule has 0 unspecified atom stereocenters. The number of carbonyl (C=O) groups is 3. The molecule has 3 N–H and O–H groups in total. The molecule has 0 saturated heterocycles. The van der Waals surface area contributed by atoms with Crippen molar-refractivity contribution in [1.29, 1.82) is 0 Å². The molecule has 2 aromatic carbocycles. The standard InChI is InChI=1S/C32H28N2O10/c1-41-25-11-18(15-36)10-20-26-21(30(38)33-7-8-35)13-23(27(37)29(26)44-28(20)25)34(14-17-6-9-42-16-17)31(39)22-12-19-4-2-3-5-24(19)43-32(22)40/h2-6,9-13,15-16,23,26-27,29,35,37H,7-8,14H2,1H3,(H,33,38)/t23-,26+,27+,29+/m1/s1. The highest BCUT2D eigenvalue weighted by Gasteiger charge is 2.51. The molecule has 226 valence electrons. The van der Waals surface area contributed by atoms with Crippen molar-refractivity contribution >= 4 is 29.1 Å². The van der Waals surface area contributed by atoms with Crippen LogP contribution in [0.2, 0.25) is 0 Å². The molecule has 0 saturated carbocycles. The fourth-order valence-electron chi connectivity index (χ4n) is 5.82. The number of furan rings is 1. The Hall–Kier alpha value is -5.20. The molecule has 0 fully saturated rings. The van der Waals surface area contributed by atoms with Gasteiger partial charge in [-0.3, -0.25) is 14.4 Å². The Labute approximate surface area is 250 Å². The van der Waals surface area contributed by atoms with Crippen molar-refractivity contribution in [3.63, 3.8) is 0 Å². The number of nitrogens with zero attached hydrogens (tertiary/aromatic N) is 1. The van der Waals surface area contributed by atoms with Gasteiger partial charge in [-0.05, 0) is 36.4 Å². The Morgan fingerprint density at radius 1 is 1.16 bits per heavy atom. The molecule has 44 heavy (non-hydrogen) atoms. The Balaban J connectivity index is 1.49. The van der Waals surface area contributed by atoms with E-state index in [2.05, 4.69) is 5.32 Å². The summed E-state index contributed by atoms with van der Waals surface area (Å²) in [6.07, 6.45) is 2.44. The van der Waals surface area contributed by atoms with Gasteiger partial charge in [0.2, 0.25) is 5.91 Å². The van der Waals surface area contributed by atoms with Gasteiger partial charge in [-0.2, -0.15) is 0 Å². The molecule has 0 radical (unpaired) electrons. The molecule has 1 aliphatic heterocycles. The first-order valence-electron chi connectivity index (χ1n) is 13.8. The third-order valence-corrected chi connectivity index (χ3v) is 7.84. The van der Waals surface area contributed by atoms with Crippen LogP contribution in [0.5, 0.6) is 11.5 Å². The number of carbonyl (C=O) groups excluding carboxylic acids is 3. The number of benzene rings is 2. The maximum absolute atomic E-state index is 14.2. The fourth-order valence-corrected chi connectivity index (χ4v) is 5.82. The van der Waals surface area contributed by atoms with Crippen molar-refractivity contribution in [2.45, 2.75) is 30.7 Å². The monoisotopic (exact) mass is 600 g/mol. The largest absolute Gasteiger partial charge is 0.493 e. The van der Waals surface area contributed by atoms with Gasteiger partial charge in [-0.1, -0.05) is 18.2 Å². The van der Waals surface area contributed by atoms with Crippen LogP contribution in [0.3, 0.4) is 0 Å². The topological polar surface area (TPSA) is 169 Å². The highest BCUT2D eigenvalue weighted by atomic mass is 16.5. The van der Waals surface area contributed by atoms with Crippen LogP contribution in [0.1, 0.15) is 37.8 Å². The number of aliphatic hydroxyl groups is 2. The number of aldehydes is 1. The van der Waals surface area contributed by atoms with Crippen molar-refractivity contribution in [3.8, 4) is 11.5 Å².